The van der Waals surface area contributed by atoms with Crippen molar-refractivity contribution >= 4 is 44.7 Å². The molecule has 0 radical (unpaired) electrons. The van der Waals surface area contributed by atoms with Gasteiger partial charge in [-0.2, -0.15) is 5.26 Å². The highest BCUT2D eigenvalue weighted by molar-refractivity contribution is 9.10. The van der Waals surface area contributed by atoms with Gasteiger partial charge in [-0.1, -0.05) is 13.8 Å². The number of pyridine rings is 1. The zero-order valence-electron chi connectivity index (χ0n) is 18.7. The highest BCUT2D eigenvalue weighted by atomic mass is 79.9. The largest absolute Gasteiger partial charge is 0.309 e. The Labute approximate surface area is 205 Å². The molecule has 0 spiro atoms. The molecule has 0 saturated carbocycles. The molecule has 0 amide bonds. The molecular weight excluding hydrogens is 496 g/mol. The number of halogens is 1. The van der Waals surface area contributed by atoms with E-state index in [0.29, 0.717) is 17.8 Å². The zero-order valence-corrected chi connectivity index (χ0v) is 21.1. The van der Waals surface area contributed by atoms with Crippen LogP contribution in [-0.2, 0) is 4.79 Å². The van der Waals surface area contributed by atoms with Crippen LogP contribution in [0.25, 0.3) is 5.82 Å². The van der Waals surface area contributed by atoms with Crippen molar-refractivity contribution < 1.29 is 4.79 Å². The number of carbonyl (C=O) groups excluding carboxylic acids is 1. The van der Waals surface area contributed by atoms with Crippen LogP contribution < -0.4 is 4.90 Å². The van der Waals surface area contributed by atoms with Crippen LogP contribution in [0.1, 0.15) is 43.0 Å². The van der Waals surface area contributed by atoms with Gasteiger partial charge >= 0.3 is 0 Å². The second-order valence-corrected chi connectivity index (χ2v) is 11.2. The number of allylic oxidation sites excluding steroid dienone is 3. The van der Waals surface area contributed by atoms with Crippen LogP contribution in [0.2, 0.25) is 0 Å². The van der Waals surface area contributed by atoms with Crippen LogP contribution in [0.4, 0.5) is 5.82 Å². The Bertz CT molecular complexity index is 1340. The molecule has 166 valence electrons. The van der Waals surface area contributed by atoms with Crippen LogP contribution in [0.15, 0.2) is 75.6 Å². The van der Waals surface area contributed by atoms with Gasteiger partial charge in [0.25, 0.3) is 0 Å². The molecule has 0 bridgehead atoms. The quantitative estimate of drug-likeness (QED) is 0.389. The van der Waals surface area contributed by atoms with E-state index in [0.717, 1.165) is 38.4 Å². The first kappa shape index (κ1) is 21.9. The standard InChI is InChI=1S/C26H23BrN4OS/c1-16-8-11-33-24(16)22-18(14-28)25(30-9-4-5-10-30)31(21-7-6-17(27)15-29-21)19-12-26(2,3)13-20(32)23(19)22/h4-11,15,22H,12-13H2,1-3H3. The lowest BCUT2D eigenvalue weighted by Crippen LogP contribution is -2.40. The summed E-state index contributed by atoms with van der Waals surface area (Å²) in [4.78, 5) is 21.5. The Hall–Kier alpha value is -2.95. The summed E-state index contributed by atoms with van der Waals surface area (Å²) in [7, 11) is 0. The predicted molar refractivity (Wildman–Crippen MR) is 135 cm³/mol. The average Bonchev–Trinajstić information content (AvgIpc) is 3.44. The Balaban J connectivity index is 1.87. The van der Waals surface area contributed by atoms with Crippen LogP contribution in [-0.4, -0.2) is 15.3 Å². The second kappa shape index (κ2) is 8.12. The molecule has 2 aliphatic rings. The van der Waals surface area contributed by atoms with E-state index in [9.17, 15) is 10.1 Å². The van der Waals surface area contributed by atoms with Crippen molar-refractivity contribution in [2.24, 2.45) is 5.41 Å². The second-order valence-electron chi connectivity index (χ2n) is 9.31. The maximum Gasteiger partial charge on any atom is 0.162 e. The van der Waals surface area contributed by atoms with Crippen molar-refractivity contribution in [3.8, 4) is 6.07 Å². The summed E-state index contributed by atoms with van der Waals surface area (Å²) in [6.45, 7) is 6.31. The Morgan fingerprint density at radius 2 is 1.97 bits per heavy atom. The molecule has 1 unspecified atom stereocenters. The number of aryl methyl sites for hydroxylation is 1. The molecule has 3 aromatic rings. The Morgan fingerprint density at radius 3 is 2.58 bits per heavy atom. The highest BCUT2D eigenvalue weighted by Gasteiger charge is 2.46. The molecule has 5 rings (SSSR count). The molecule has 0 aromatic carbocycles. The number of rotatable bonds is 3. The van der Waals surface area contributed by atoms with Crippen LogP contribution in [0, 0.1) is 23.7 Å². The van der Waals surface area contributed by atoms with Gasteiger partial charge < -0.3 is 4.57 Å². The first-order chi connectivity index (χ1) is 15.8. The minimum absolute atomic E-state index is 0.112. The zero-order chi connectivity index (χ0) is 23.3. The summed E-state index contributed by atoms with van der Waals surface area (Å²) >= 11 is 5.08. The number of Topliss-reactive ketones (excluding diaryl/α,β-unsaturated/α-hetero) is 1. The van der Waals surface area contributed by atoms with E-state index < -0.39 is 0 Å². The van der Waals surface area contributed by atoms with E-state index in [4.69, 9.17) is 0 Å². The summed E-state index contributed by atoms with van der Waals surface area (Å²) < 4.78 is 2.84. The van der Waals surface area contributed by atoms with Gasteiger partial charge in [-0.25, -0.2) is 4.98 Å². The van der Waals surface area contributed by atoms with E-state index in [1.807, 2.05) is 51.5 Å². The van der Waals surface area contributed by atoms with E-state index in [-0.39, 0.29) is 17.1 Å². The Kier molecular flexibility index (Phi) is 5.38. The number of nitriles is 1. The van der Waals surface area contributed by atoms with Crippen molar-refractivity contribution in [2.45, 2.75) is 39.5 Å². The van der Waals surface area contributed by atoms with Crippen molar-refractivity contribution in [1.29, 1.82) is 5.26 Å². The third-order valence-corrected chi connectivity index (χ3v) is 7.82. The summed E-state index contributed by atoms with van der Waals surface area (Å²) in [6, 6.07) is 12.3. The van der Waals surface area contributed by atoms with Crippen LogP contribution >= 0.6 is 27.3 Å². The summed E-state index contributed by atoms with van der Waals surface area (Å²) in [6.07, 6.45) is 6.82. The fraction of sp³-hybridized carbons (Fsp3) is 0.269. The molecule has 0 fully saturated rings. The number of carbonyl (C=O) groups is 1. The van der Waals surface area contributed by atoms with Gasteiger partial charge in [0.2, 0.25) is 0 Å². The molecular formula is C26H23BrN4OS. The Morgan fingerprint density at radius 1 is 1.21 bits per heavy atom. The monoisotopic (exact) mass is 518 g/mol. The van der Waals surface area contributed by atoms with Gasteiger partial charge in [-0.15, -0.1) is 11.3 Å². The fourth-order valence-corrected chi connectivity index (χ4v) is 6.16. The van der Waals surface area contributed by atoms with E-state index >= 15 is 0 Å². The van der Waals surface area contributed by atoms with Crippen LogP contribution in [0.3, 0.4) is 0 Å². The summed E-state index contributed by atoms with van der Waals surface area (Å²) in [5, 5.41) is 12.5. The number of hydrogen-bond acceptors (Lipinski definition) is 5. The molecule has 4 heterocycles. The van der Waals surface area contributed by atoms with Crippen molar-refractivity contribution in [3.63, 3.8) is 0 Å². The van der Waals surface area contributed by atoms with Gasteiger partial charge in [-0.3, -0.25) is 9.69 Å². The SMILES string of the molecule is Cc1ccsc1C1C(C#N)=C(n2cccc2)N(c2ccc(Br)cn2)C2=C1C(=O)CC(C)(C)C2. The van der Waals surface area contributed by atoms with Gasteiger partial charge in [0.15, 0.2) is 5.78 Å². The maximum absolute atomic E-state index is 13.7. The molecule has 3 aromatic heterocycles. The van der Waals surface area contributed by atoms with Gasteiger partial charge in [0, 0.05) is 45.6 Å². The molecule has 7 heteroatoms. The average molecular weight is 519 g/mol. The van der Waals surface area contributed by atoms with Gasteiger partial charge in [-0.05, 0) is 76.0 Å². The summed E-state index contributed by atoms with van der Waals surface area (Å²) in [5.74, 6) is 1.16. The number of nitrogens with zero attached hydrogens (tertiary/aromatic N) is 4. The smallest absolute Gasteiger partial charge is 0.162 e. The molecule has 0 N–H and O–H groups in total. The maximum atomic E-state index is 13.7. The minimum Gasteiger partial charge on any atom is -0.309 e. The highest BCUT2D eigenvalue weighted by Crippen LogP contribution is 2.52. The molecule has 33 heavy (non-hydrogen) atoms. The summed E-state index contributed by atoms with van der Waals surface area (Å²) in [5.41, 5.74) is 3.14. The lowest BCUT2D eigenvalue weighted by molar-refractivity contribution is -0.118. The number of thiophene rings is 1. The van der Waals surface area contributed by atoms with Crippen molar-refractivity contribution in [2.75, 3.05) is 4.90 Å². The predicted octanol–water partition coefficient (Wildman–Crippen LogP) is 6.65. The van der Waals surface area contributed by atoms with E-state index in [1.165, 1.54) is 0 Å². The van der Waals surface area contributed by atoms with Crippen molar-refractivity contribution in [3.05, 3.63) is 86.1 Å². The molecule has 1 atom stereocenters. The first-order valence-corrected chi connectivity index (χ1v) is 12.5. The topological polar surface area (TPSA) is 61.9 Å². The van der Waals surface area contributed by atoms with Gasteiger partial charge in [0.05, 0.1) is 17.6 Å². The lowest BCUT2D eigenvalue weighted by atomic mass is 9.69. The lowest BCUT2D eigenvalue weighted by Gasteiger charge is -2.44. The third kappa shape index (κ3) is 3.68. The molecule has 0 saturated heterocycles. The fourth-order valence-electron chi connectivity index (χ4n) is 4.88. The van der Waals surface area contributed by atoms with Crippen LogP contribution in [0.5, 0.6) is 0 Å². The normalized spacial score (nSPS) is 20.2. The van der Waals surface area contributed by atoms with E-state index in [2.05, 4.69) is 53.8 Å². The molecule has 5 nitrogen and oxygen atoms in total. The number of aromatic nitrogens is 2. The number of ketones is 1. The third-order valence-electron chi connectivity index (χ3n) is 6.27. The first-order valence-electron chi connectivity index (χ1n) is 10.8. The number of anilines is 1. The van der Waals surface area contributed by atoms with E-state index in [1.54, 1.807) is 17.5 Å². The van der Waals surface area contributed by atoms with Gasteiger partial charge in [0.1, 0.15) is 11.6 Å². The minimum atomic E-state index is -0.377. The molecule has 1 aliphatic carbocycles. The molecule has 1 aliphatic heterocycles. The van der Waals surface area contributed by atoms with Crippen molar-refractivity contribution in [1.82, 2.24) is 9.55 Å². The number of hydrogen-bond donors (Lipinski definition) is 0.